The fourth-order valence-corrected chi connectivity index (χ4v) is 3.80. The van der Waals surface area contributed by atoms with Crippen molar-refractivity contribution < 1.29 is 25.9 Å². The van der Waals surface area contributed by atoms with Crippen molar-refractivity contribution >= 4 is 20.2 Å². The normalized spacial score (nSPS) is 11.9. The second-order valence-corrected chi connectivity index (χ2v) is 10.3. The molecule has 166 valence electrons. The summed E-state index contributed by atoms with van der Waals surface area (Å²) in [6.45, 7) is 4.35. The van der Waals surface area contributed by atoms with E-state index in [9.17, 15) is 16.8 Å². The predicted molar refractivity (Wildman–Crippen MR) is 113 cm³/mol. The fraction of sp³-hybridized carbons (Fsp3) is 1.00. The minimum atomic E-state index is -3.73. The van der Waals surface area contributed by atoms with Gasteiger partial charge in [-0.2, -0.15) is 16.8 Å². The molecule has 0 saturated heterocycles. The molecule has 0 bridgehead atoms. The molecule has 2 N–H and O–H groups in total. The van der Waals surface area contributed by atoms with E-state index in [1.54, 1.807) is 0 Å². The maximum atomic E-state index is 10.4. The van der Waals surface area contributed by atoms with Gasteiger partial charge in [0.25, 0.3) is 20.2 Å². The lowest BCUT2D eigenvalue weighted by Crippen LogP contribution is -2.03. The summed E-state index contributed by atoms with van der Waals surface area (Å²) in [6, 6.07) is 0. The van der Waals surface area contributed by atoms with Gasteiger partial charge in [-0.05, 0) is 12.8 Å². The van der Waals surface area contributed by atoms with E-state index in [1.165, 1.54) is 57.8 Å². The van der Waals surface area contributed by atoms with Crippen LogP contribution in [0, 0.1) is 0 Å². The molecule has 8 heteroatoms. The summed E-state index contributed by atoms with van der Waals surface area (Å²) < 4.78 is 58.3. The average molecular weight is 431 g/mol. The Balaban J connectivity index is 0. The van der Waals surface area contributed by atoms with Crippen molar-refractivity contribution in [2.75, 3.05) is 11.5 Å². The third kappa shape index (κ3) is 33.8. The van der Waals surface area contributed by atoms with Crippen LogP contribution in [-0.2, 0) is 20.2 Å². The van der Waals surface area contributed by atoms with Crippen molar-refractivity contribution in [2.24, 2.45) is 0 Å². The topological polar surface area (TPSA) is 109 Å². The molecule has 0 aliphatic rings. The highest BCUT2D eigenvalue weighted by Gasteiger charge is 2.03. The Kier molecular flexibility index (Phi) is 20.6. The highest BCUT2D eigenvalue weighted by atomic mass is 32.2. The zero-order valence-corrected chi connectivity index (χ0v) is 19.0. The molecule has 0 rings (SSSR count). The van der Waals surface area contributed by atoms with Crippen molar-refractivity contribution in [3.8, 4) is 0 Å². The fourth-order valence-electron chi connectivity index (χ4n) is 2.66. The molecule has 0 spiro atoms. The number of hydrogen-bond acceptors (Lipinski definition) is 4. The smallest absolute Gasteiger partial charge is 0.264 e. The highest BCUT2D eigenvalue weighted by molar-refractivity contribution is 7.86. The summed E-state index contributed by atoms with van der Waals surface area (Å²) in [6.07, 6.45) is 16.3. The quantitative estimate of drug-likeness (QED) is 0.228. The molecule has 27 heavy (non-hydrogen) atoms. The van der Waals surface area contributed by atoms with E-state index in [-0.39, 0.29) is 11.5 Å². The van der Waals surface area contributed by atoms with E-state index >= 15 is 0 Å². The summed E-state index contributed by atoms with van der Waals surface area (Å²) in [5.74, 6) is -0.164. The van der Waals surface area contributed by atoms with Gasteiger partial charge in [0.05, 0.1) is 11.5 Å². The Morgan fingerprint density at radius 1 is 0.444 bits per heavy atom. The van der Waals surface area contributed by atoms with Crippen LogP contribution >= 0.6 is 0 Å². The zero-order valence-electron chi connectivity index (χ0n) is 17.4. The van der Waals surface area contributed by atoms with Crippen LogP contribution in [0.1, 0.15) is 110 Å². The molecule has 0 aromatic heterocycles. The van der Waals surface area contributed by atoms with Crippen molar-refractivity contribution in [3.63, 3.8) is 0 Å². The molecule has 0 unspecified atom stereocenters. The molecule has 0 radical (unpaired) electrons. The first kappa shape index (κ1) is 29.0. The first-order valence-corrected chi connectivity index (χ1v) is 13.7. The van der Waals surface area contributed by atoms with Gasteiger partial charge in [-0.25, -0.2) is 0 Å². The van der Waals surface area contributed by atoms with Gasteiger partial charge in [-0.1, -0.05) is 97.3 Å². The number of unbranched alkanes of at least 4 members (excludes halogenated alkanes) is 13. The number of rotatable bonds is 17. The Hall–Kier alpha value is -0.180. The van der Waals surface area contributed by atoms with Gasteiger partial charge in [0.2, 0.25) is 0 Å². The Morgan fingerprint density at radius 3 is 0.889 bits per heavy atom. The minimum Gasteiger partial charge on any atom is -0.286 e. The van der Waals surface area contributed by atoms with Gasteiger partial charge in [0.15, 0.2) is 0 Å². The first-order valence-electron chi connectivity index (χ1n) is 10.5. The van der Waals surface area contributed by atoms with E-state index in [0.717, 1.165) is 25.7 Å². The molecular weight excluding hydrogens is 388 g/mol. The molecule has 0 atom stereocenters. The van der Waals surface area contributed by atoms with Crippen molar-refractivity contribution in [1.82, 2.24) is 0 Å². The van der Waals surface area contributed by atoms with Gasteiger partial charge in [0.1, 0.15) is 0 Å². The largest absolute Gasteiger partial charge is 0.286 e. The van der Waals surface area contributed by atoms with Crippen LogP contribution in [-0.4, -0.2) is 37.4 Å². The summed E-state index contributed by atoms with van der Waals surface area (Å²) in [5.41, 5.74) is 0. The van der Waals surface area contributed by atoms with Gasteiger partial charge in [0, 0.05) is 0 Å². The molecule has 0 heterocycles. The third-order valence-corrected chi connectivity index (χ3v) is 5.87. The summed E-state index contributed by atoms with van der Waals surface area (Å²) in [7, 11) is -7.45. The lowest BCUT2D eigenvalue weighted by atomic mass is 10.1. The molecular formula is C19H42O6S2. The van der Waals surface area contributed by atoms with E-state index in [2.05, 4.69) is 13.8 Å². The van der Waals surface area contributed by atoms with Crippen LogP contribution in [0.3, 0.4) is 0 Å². The predicted octanol–water partition coefficient (Wildman–Crippen LogP) is 5.64. The van der Waals surface area contributed by atoms with Gasteiger partial charge in [-0.3, -0.25) is 9.11 Å². The Bertz CT molecular complexity index is 500. The second kappa shape index (κ2) is 19.2. The average Bonchev–Trinajstić information content (AvgIpc) is 2.55. The van der Waals surface area contributed by atoms with E-state index < -0.39 is 20.2 Å². The lowest BCUT2D eigenvalue weighted by molar-refractivity contribution is 0.476. The van der Waals surface area contributed by atoms with Crippen molar-refractivity contribution in [2.45, 2.75) is 110 Å². The van der Waals surface area contributed by atoms with Crippen LogP contribution in [0.4, 0.5) is 0 Å². The molecule has 0 aromatic rings. The van der Waals surface area contributed by atoms with Crippen LogP contribution in [0.15, 0.2) is 0 Å². The minimum absolute atomic E-state index is 0.0814. The van der Waals surface area contributed by atoms with E-state index in [4.69, 9.17) is 9.11 Å². The second-order valence-electron chi connectivity index (χ2n) is 7.17. The van der Waals surface area contributed by atoms with E-state index in [0.29, 0.717) is 12.8 Å². The summed E-state index contributed by atoms with van der Waals surface area (Å²) >= 11 is 0. The summed E-state index contributed by atoms with van der Waals surface area (Å²) in [5, 5.41) is 0. The molecule has 0 aromatic carbocycles. The molecule has 0 aliphatic carbocycles. The lowest BCUT2D eigenvalue weighted by Gasteiger charge is -2.00. The standard InChI is InChI=1S/C10H22O3S.C9H20O3S/c1-2-3-4-5-6-7-8-9-10-14(11,12)13;1-2-3-4-5-6-7-8-9-13(10,11)12/h2-10H2,1H3,(H,11,12,13);2-9H2,1H3,(H,10,11,12). The van der Waals surface area contributed by atoms with Crippen LogP contribution < -0.4 is 0 Å². The maximum Gasteiger partial charge on any atom is 0.264 e. The zero-order chi connectivity index (χ0) is 21.0. The third-order valence-electron chi connectivity index (χ3n) is 4.26. The van der Waals surface area contributed by atoms with Gasteiger partial charge >= 0.3 is 0 Å². The monoisotopic (exact) mass is 430 g/mol. The molecule has 0 fully saturated rings. The van der Waals surface area contributed by atoms with Crippen molar-refractivity contribution in [1.29, 1.82) is 0 Å². The van der Waals surface area contributed by atoms with Crippen LogP contribution in [0.2, 0.25) is 0 Å². The first-order chi connectivity index (χ1) is 12.6. The van der Waals surface area contributed by atoms with E-state index in [1.807, 2.05) is 0 Å². The van der Waals surface area contributed by atoms with Crippen molar-refractivity contribution in [3.05, 3.63) is 0 Å². The molecule has 0 saturated carbocycles. The molecule has 0 amide bonds. The Labute approximate surface area is 168 Å². The van der Waals surface area contributed by atoms with Crippen LogP contribution in [0.25, 0.3) is 0 Å². The van der Waals surface area contributed by atoms with Gasteiger partial charge in [-0.15, -0.1) is 0 Å². The molecule has 0 aliphatic heterocycles. The SMILES string of the molecule is CCCCCCCCCCS(=O)(=O)O.CCCCCCCCCS(=O)(=O)O. The van der Waals surface area contributed by atoms with Gasteiger partial charge < -0.3 is 0 Å². The number of hydrogen-bond donors (Lipinski definition) is 2. The Morgan fingerprint density at radius 2 is 0.667 bits per heavy atom. The summed E-state index contributed by atoms with van der Waals surface area (Å²) in [4.78, 5) is 0. The molecule has 6 nitrogen and oxygen atoms in total. The maximum absolute atomic E-state index is 10.4. The highest BCUT2D eigenvalue weighted by Crippen LogP contribution is 2.09. The van der Waals surface area contributed by atoms with Crippen LogP contribution in [0.5, 0.6) is 0 Å².